The molecule has 0 amide bonds. The van der Waals surface area contributed by atoms with Gasteiger partial charge in [0.05, 0.1) is 24.8 Å². The monoisotopic (exact) mass is 363 g/mol. The van der Waals surface area contributed by atoms with Gasteiger partial charge < -0.3 is 13.7 Å². The van der Waals surface area contributed by atoms with Crippen LogP contribution in [0.1, 0.15) is 46.4 Å². The van der Waals surface area contributed by atoms with Crippen molar-refractivity contribution in [3.8, 4) is 5.75 Å². The standard InChI is InChI=1S/C18H30BNO4Si/c1-17(2,3)25(7,8)24-16-13-15(23-6)14(22)11(19)9-20(13)10-12(21)18(16,4)5/h9,16H,10,19H2,1-8H3. The molecule has 0 aromatic carbocycles. The zero-order valence-corrected chi connectivity index (χ0v) is 17.9. The largest absolute Gasteiger partial charge is 0.491 e. The van der Waals surface area contributed by atoms with Crippen LogP contribution in [0.3, 0.4) is 0 Å². The number of fused-ring (bicyclic) bond motifs is 1. The maximum absolute atomic E-state index is 12.8. The van der Waals surface area contributed by atoms with E-state index < -0.39 is 19.8 Å². The van der Waals surface area contributed by atoms with Crippen LogP contribution in [0.5, 0.6) is 5.75 Å². The molecular formula is C18H30BNO4Si. The Bertz CT molecular complexity index is 762. The second kappa shape index (κ2) is 6.13. The number of ketones is 1. The highest BCUT2D eigenvalue weighted by Crippen LogP contribution is 2.48. The predicted molar refractivity (Wildman–Crippen MR) is 105 cm³/mol. The van der Waals surface area contributed by atoms with Crippen LogP contribution in [0.25, 0.3) is 0 Å². The van der Waals surface area contributed by atoms with Crippen LogP contribution in [0.15, 0.2) is 11.0 Å². The molecule has 1 unspecified atom stereocenters. The summed E-state index contributed by atoms with van der Waals surface area (Å²) < 4.78 is 14.0. The highest BCUT2D eigenvalue weighted by Gasteiger charge is 2.50. The van der Waals surface area contributed by atoms with Crippen LogP contribution in [-0.4, -0.2) is 33.6 Å². The van der Waals surface area contributed by atoms with Gasteiger partial charge in [-0.15, -0.1) is 0 Å². The van der Waals surface area contributed by atoms with Crippen molar-refractivity contribution in [3.63, 3.8) is 0 Å². The molecule has 1 aliphatic rings. The van der Waals surface area contributed by atoms with Crippen molar-refractivity contribution in [1.82, 2.24) is 4.57 Å². The van der Waals surface area contributed by atoms with Gasteiger partial charge in [0.2, 0.25) is 5.43 Å². The van der Waals surface area contributed by atoms with E-state index in [0.29, 0.717) is 16.9 Å². The molecule has 0 fully saturated rings. The maximum atomic E-state index is 12.8. The smallest absolute Gasteiger partial charge is 0.217 e. The van der Waals surface area contributed by atoms with E-state index in [1.807, 2.05) is 18.4 Å². The van der Waals surface area contributed by atoms with E-state index >= 15 is 0 Å². The summed E-state index contributed by atoms with van der Waals surface area (Å²) in [4.78, 5) is 25.4. The fourth-order valence-electron chi connectivity index (χ4n) is 2.91. The summed E-state index contributed by atoms with van der Waals surface area (Å²) in [5.41, 5.74) is 0.402. The number of ether oxygens (including phenoxy) is 1. The van der Waals surface area contributed by atoms with Crippen LogP contribution in [0.2, 0.25) is 18.1 Å². The Morgan fingerprint density at radius 2 is 1.84 bits per heavy atom. The van der Waals surface area contributed by atoms with Crippen LogP contribution in [0.4, 0.5) is 0 Å². The van der Waals surface area contributed by atoms with Crippen molar-refractivity contribution < 1.29 is 14.0 Å². The molecule has 0 N–H and O–H groups in total. The number of hydrogen-bond acceptors (Lipinski definition) is 4. The summed E-state index contributed by atoms with van der Waals surface area (Å²) in [5, 5.41) is -0.00731. The van der Waals surface area contributed by atoms with Crippen LogP contribution in [-0.2, 0) is 15.8 Å². The summed E-state index contributed by atoms with van der Waals surface area (Å²) in [5.74, 6) is 0.401. The molecule has 0 bridgehead atoms. The third-order valence-corrected chi connectivity index (χ3v) is 10.3. The number of aromatic nitrogens is 1. The lowest BCUT2D eigenvalue weighted by Crippen LogP contribution is -2.50. The zero-order valence-electron chi connectivity index (χ0n) is 16.9. The normalized spacial score (nSPS) is 20.3. The molecular weight excluding hydrogens is 333 g/mol. The molecule has 1 aliphatic heterocycles. The fraction of sp³-hybridized carbons (Fsp3) is 0.667. The lowest BCUT2D eigenvalue weighted by Gasteiger charge is -2.46. The average Bonchev–Trinajstić information content (AvgIpc) is 2.45. The van der Waals surface area contributed by atoms with Crippen molar-refractivity contribution in [2.45, 2.75) is 65.4 Å². The predicted octanol–water partition coefficient (Wildman–Crippen LogP) is 1.79. The third-order valence-electron chi connectivity index (χ3n) is 5.82. The van der Waals surface area contributed by atoms with Gasteiger partial charge in [-0.3, -0.25) is 9.59 Å². The minimum absolute atomic E-state index is 0.00731. The first-order valence-corrected chi connectivity index (χ1v) is 11.6. The van der Waals surface area contributed by atoms with E-state index in [1.54, 1.807) is 14.0 Å². The number of methoxy groups -OCH3 is 1. The summed E-state index contributed by atoms with van der Waals surface area (Å²) in [6, 6.07) is 0. The molecule has 5 nitrogen and oxygen atoms in total. The highest BCUT2D eigenvalue weighted by molar-refractivity contribution is 6.74. The van der Waals surface area contributed by atoms with Gasteiger partial charge in [0.1, 0.15) is 14.0 Å². The lowest BCUT2D eigenvalue weighted by molar-refractivity contribution is -0.136. The first kappa shape index (κ1) is 20.0. The van der Waals surface area contributed by atoms with E-state index in [1.165, 1.54) is 7.11 Å². The molecule has 7 heteroatoms. The first-order chi connectivity index (χ1) is 11.2. The van der Waals surface area contributed by atoms with Gasteiger partial charge >= 0.3 is 0 Å². The number of hydrogen-bond donors (Lipinski definition) is 0. The Kier molecular flexibility index (Phi) is 4.90. The number of rotatable bonds is 3. The lowest BCUT2D eigenvalue weighted by atomic mass is 9.77. The summed E-state index contributed by atoms with van der Waals surface area (Å²) in [6.45, 7) is 14.8. The van der Waals surface area contributed by atoms with Crippen molar-refractivity contribution >= 4 is 27.4 Å². The Labute approximate surface area is 152 Å². The van der Waals surface area contributed by atoms with E-state index in [2.05, 4.69) is 33.9 Å². The van der Waals surface area contributed by atoms with Gasteiger partial charge in [-0.25, -0.2) is 0 Å². The van der Waals surface area contributed by atoms with Crippen LogP contribution in [0, 0.1) is 5.41 Å². The van der Waals surface area contributed by atoms with Gasteiger partial charge in [0.25, 0.3) is 0 Å². The molecule has 2 heterocycles. The van der Waals surface area contributed by atoms with Gasteiger partial charge in [-0.2, -0.15) is 0 Å². The SMILES string of the molecule is Bc1cn2c(c(OC)c1=O)C(O[Si](C)(C)C(C)(C)C)C(C)(C)C(=O)C2. The Hall–Kier alpha value is -1.34. The van der Waals surface area contributed by atoms with Crippen LogP contribution >= 0.6 is 0 Å². The van der Waals surface area contributed by atoms with E-state index in [-0.39, 0.29) is 22.8 Å². The van der Waals surface area contributed by atoms with Crippen molar-refractivity contribution in [3.05, 3.63) is 22.1 Å². The summed E-state index contributed by atoms with van der Waals surface area (Å²) in [6.07, 6.45) is 1.24. The molecule has 138 valence electrons. The molecule has 0 saturated heterocycles. The minimum Gasteiger partial charge on any atom is -0.491 e. The second-order valence-electron chi connectivity index (χ2n) is 9.09. The number of Topliss-reactive ketones (excluding diaryl/α,β-unsaturated/α-hetero) is 1. The van der Waals surface area contributed by atoms with Gasteiger partial charge in [0.15, 0.2) is 19.9 Å². The molecule has 0 aliphatic carbocycles. The van der Waals surface area contributed by atoms with Crippen LogP contribution < -0.4 is 15.6 Å². The fourth-order valence-corrected chi connectivity index (χ4v) is 4.26. The van der Waals surface area contributed by atoms with Crippen molar-refractivity contribution in [2.75, 3.05) is 7.11 Å². The maximum Gasteiger partial charge on any atom is 0.217 e. The molecule has 25 heavy (non-hydrogen) atoms. The zero-order chi connectivity index (χ0) is 19.4. The Morgan fingerprint density at radius 3 is 2.32 bits per heavy atom. The summed E-state index contributed by atoms with van der Waals surface area (Å²) >= 11 is 0. The quantitative estimate of drug-likeness (QED) is 0.769. The molecule has 0 radical (unpaired) electrons. The van der Waals surface area contributed by atoms with E-state index in [0.717, 1.165) is 0 Å². The molecule has 2 rings (SSSR count). The second-order valence-corrected chi connectivity index (χ2v) is 13.8. The van der Waals surface area contributed by atoms with Gasteiger partial charge in [0, 0.05) is 6.20 Å². The topological polar surface area (TPSA) is 57.5 Å². The number of carbonyl (C=O) groups is 1. The number of carbonyl (C=O) groups excluding carboxylic acids is 1. The van der Waals surface area contributed by atoms with Gasteiger partial charge in [-0.05, 0) is 37.4 Å². The van der Waals surface area contributed by atoms with E-state index in [9.17, 15) is 9.59 Å². The first-order valence-electron chi connectivity index (χ1n) is 8.73. The molecule has 1 aromatic rings. The molecule has 0 spiro atoms. The van der Waals surface area contributed by atoms with Crippen molar-refractivity contribution in [2.24, 2.45) is 5.41 Å². The molecule has 0 saturated carbocycles. The summed E-state index contributed by atoms with van der Waals surface area (Å²) in [7, 11) is 1.08. The molecule has 1 aromatic heterocycles. The Morgan fingerprint density at radius 1 is 1.28 bits per heavy atom. The number of pyridine rings is 1. The minimum atomic E-state index is -2.17. The number of nitrogens with zero attached hydrogens (tertiary/aromatic N) is 1. The molecule has 1 atom stereocenters. The van der Waals surface area contributed by atoms with Crippen molar-refractivity contribution in [1.29, 1.82) is 0 Å². The highest BCUT2D eigenvalue weighted by atomic mass is 28.4. The Balaban J connectivity index is 2.73. The van der Waals surface area contributed by atoms with E-state index in [4.69, 9.17) is 9.16 Å². The average molecular weight is 363 g/mol. The van der Waals surface area contributed by atoms with Gasteiger partial charge in [-0.1, -0.05) is 20.8 Å². The third kappa shape index (κ3) is 3.24.